The van der Waals surface area contributed by atoms with Crippen molar-refractivity contribution in [3.63, 3.8) is 0 Å². The quantitative estimate of drug-likeness (QED) is 0.902. The summed E-state index contributed by atoms with van der Waals surface area (Å²) in [6.45, 7) is 7.82. The molecule has 1 N–H and O–H groups in total. The fourth-order valence-electron chi connectivity index (χ4n) is 3.03. The minimum atomic E-state index is -0.276. The van der Waals surface area contributed by atoms with Crippen molar-refractivity contribution in [3.05, 3.63) is 29.6 Å². The standard InChI is InChI=1S/C16H24FNO/c1-15(2,3)16(8-5-9-18-16)11-12-6-7-14(19-4)13(17)10-12/h6-7,10,18H,5,8-9,11H2,1-4H3. The van der Waals surface area contributed by atoms with E-state index in [9.17, 15) is 4.39 Å². The molecule has 1 aliphatic heterocycles. The van der Waals surface area contributed by atoms with E-state index in [0.717, 1.165) is 24.9 Å². The Morgan fingerprint density at radius 3 is 2.58 bits per heavy atom. The Balaban J connectivity index is 2.25. The van der Waals surface area contributed by atoms with Crippen LogP contribution in [0, 0.1) is 11.2 Å². The minimum absolute atomic E-state index is 0.0635. The Labute approximate surface area is 115 Å². The predicted octanol–water partition coefficient (Wildman–Crippen LogP) is 3.55. The first kappa shape index (κ1) is 14.3. The summed E-state index contributed by atoms with van der Waals surface area (Å²) in [6, 6.07) is 5.29. The fourth-order valence-corrected chi connectivity index (χ4v) is 3.03. The summed E-state index contributed by atoms with van der Waals surface area (Å²) in [5, 5.41) is 3.65. The highest BCUT2D eigenvalue weighted by Gasteiger charge is 2.43. The fraction of sp³-hybridized carbons (Fsp3) is 0.625. The van der Waals surface area contributed by atoms with Gasteiger partial charge in [-0.15, -0.1) is 0 Å². The maximum atomic E-state index is 13.8. The summed E-state index contributed by atoms with van der Waals surface area (Å²) in [5.74, 6) is 0.0370. The van der Waals surface area contributed by atoms with Gasteiger partial charge in [0.05, 0.1) is 7.11 Å². The molecule has 106 valence electrons. The molecule has 0 aromatic heterocycles. The van der Waals surface area contributed by atoms with Crippen LogP contribution in [0.25, 0.3) is 0 Å². The Hall–Kier alpha value is -1.09. The average molecular weight is 265 g/mol. The minimum Gasteiger partial charge on any atom is -0.494 e. The largest absolute Gasteiger partial charge is 0.494 e. The molecule has 1 aromatic carbocycles. The first-order valence-electron chi connectivity index (χ1n) is 6.95. The van der Waals surface area contributed by atoms with E-state index in [4.69, 9.17) is 4.74 Å². The van der Waals surface area contributed by atoms with Crippen molar-refractivity contribution < 1.29 is 9.13 Å². The van der Waals surface area contributed by atoms with Gasteiger partial charge in [-0.25, -0.2) is 4.39 Å². The number of ether oxygens (including phenoxy) is 1. The van der Waals surface area contributed by atoms with E-state index in [2.05, 4.69) is 26.1 Å². The number of hydrogen-bond donors (Lipinski definition) is 1. The van der Waals surface area contributed by atoms with Gasteiger partial charge in [0.15, 0.2) is 11.6 Å². The molecule has 2 rings (SSSR count). The lowest BCUT2D eigenvalue weighted by molar-refractivity contribution is 0.159. The molecule has 3 heteroatoms. The van der Waals surface area contributed by atoms with Gasteiger partial charge in [-0.2, -0.15) is 0 Å². The van der Waals surface area contributed by atoms with Gasteiger partial charge in [0.1, 0.15) is 0 Å². The van der Waals surface area contributed by atoms with Crippen molar-refractivity contribution in [3.8, 4) is 5.75 Å². The van der Waals surface area contributed by atoms with Gasteiger partial charge in [-0.3, -0.25) is 0 Å². The predicted molar refractivity (Wildman–Crippen MR) is 76.1 cm³/mol. The van der Waals surface area contributed by atoms with Crippen LogP contribution in [0.15, 0.2) is 18.2 Å². The third kappa shape index (κ3) is 2.76. The molecule has 1 aliphatic rings. The van der Waals surface area contributed by atoms with Crippen LogP contribution >= 0.6 is 0 Å². The highest BCUT2D eigenvalue weighted by Crippen LogP contribution is 2.40. The summed E-state index contributed by atoms with van der Waals surface area (Å²) in [7, 11) is 1.49. The second-order valence-electron chi connectivity index (χ2n) is 6.51. The van der Waals surface area contributed by atoms with Crippen molar-refractivity contribution in [1.82, 2.24) is 5.32 Å². The van der Waals surface area contributed by atoms with Crippen molar-refractivity contribution in [2.24, 2.45) is 5.41 Å². The van der Waals surface area contributed by atoms with Crippen LogP contribution in [0.2, 0.25) is 0 Å². The van der Waals surface area contributed by atoms with Crippen LogP contribution in [0.4, 0.5) is 4.39 Å². The van der Waals surface area contributed by atoms with Crippen LogP contribution in [-0.2, 0) is 6.42 Å². The summed E-state index contributed by atoms with van der Waals surface area (Å²) >= 11 is 0. The molecule has 0 bridgehead atoms. The van der Waals surface area contributed by atoms with Crippen LogP contribution < -0.4 is 10.1 Å². The number of methoxy groups -OCH3 is 1. The second-order valence-corrected chi connectivity index (χ2v) is 6.51. The maximum absolute atomic E-state index is 13.8. The average Bonchev–Trinajstić information content (AvgIpc) is 2.78. The SMILES string of the molecule is COc1ccc(CC2(C(C)(C)C)CCCN2)cc1F. The number of benzene rings is 1. The first-order valence-corrected chi connectivity index (χ1v) is 6.95. The van der Waals surface area contributed by atoms with E-state index in [1.54, 1.807) is 12.1 Å². The zero-order valence-corrected chi connectivity index (χ0v) is 12.3. The molecule has 1 unspecified atom stereocenters. The van der Waals surface area contributed by atoms with Crippen LogP contribution in [-0.4, -0.2) is 19.2 Å². The second kappa shape index (κ2) is 5.12. The lowest BCUT2D eigenvalue weighted by atomic mass is 9.69. The van der Waals surface area contributed by atoms with Crippen LogP contribution in [0.5, 0.6) is 5.75 Å². The molecule has 0 saturated carbocycles. The molecule has 1 atom stereocenters. The number of hydrogen-bond acceptors (Lipinski definition) is 2. The van der Waals surface area contributed by atoms with Crippen molar-refractivity contribution >= 4 is 0 Å². The molecule has 0 radical (unpaired) electrons. The van der Waals surface area contributed by atoms with E-state index in [1.165, 1.54) is 13.5 Å². The molecule has 1 heterocycles. The van der Waals surface area contributed by atoms with E-state index in [-0.39, 0.29) is 16.8 Å². The molecule has 1 saturated heterocycles. The highest BCUT2D eigenvalue weighted by atomic mass is 19.1. The zero-order chi connectivity index (χ0) is 14.1. The smallest absolute Gasteiger partial charge is 0.165 e. The molecule has 0 amide bonds. The van der Waals surface area contributed by atoms with E-state index < -0.39 is 0 Å². The van der Waals surface area contributed by atoms with Crippen LogP contribution in [0.1, 0.15) is 39.2 Å². The molecule has 19 heavy (non-hydrogen) atoms. The van der Waals surface area contributed by atoms with Crippen molar-refractivity contribution in [2.45, 2.75) is 45.6 Å². The summed E-state index contributed by atoms with van der Waals surface area (Å²) in [6.07, 6.45) is 3.19. The molecule has 0 spiro atoms. The van der Waals surface area contributed by atoms with E-state index in [0.29, 0.717) is 5.75 Å². The lowest BCUT2D eigenvalue weighted by Gasteiger charge is -2.42. The van der Waals surface area contributed by atoms with E-state index in [1.807, 2.05) is 6.07 Å². The van der Waals surface area contributed by atoms with E-state index >= 15 is 0 Å². The van der Waals surface area contributed by atoms with Crippen molar-refractivity contribution in [1.29, 1.82) is 0 Å². The third-order valence-corrected chi connectivity index (χ3v) is 4.40. The normalized spacial score (nSPS) is 23.6. The molecule has 2 nitrogen and oxygen atoms in total. The Bertz CT molecular complexity index is 445. The van der Waals surface area contributed by atoms with Gasteiger partial charge in [0.2, 0.25) is 0 Å². The zero-order valence-electron chi connectivity index (χ0n) is 12.3. The van der Waals surface area contributed by atoms with Gasteiger partial charge in [-0.1, -0.05) is 26.8 Å². The molecular formula is C16H24FNO. The number of halogens is 1. The summed E-state index contributed by atoms with van der Waals surface area (Å²) < 4.78 is 18.8. The molecule has 0 aliphatic carbocycles. The van der Waals surface area contributed by atoms with Crippen LogP contribution in [0.3, 0.4) is 0 Å². The van der Waals surface area contributed by atoms with Crippen molar-refractivity contribution in [2.75, 3.05) is 13.7 Å². The maximum Gasteiger partial charge on any atom is 0.165 e. The van der Waals surface area contributed by atoms with Gasteiger partial charge < -0.3 is 10.1 Å². The first-order chi connectivity index (χ1) is 8.88. The van der Waals surface area contributed by atoms with Gasteiger partial charge >= 0.3 is 0 Å². The summed E-state index contributed by atoms with van der Waals surface area (Å²) in [5.41, 5.74) is 1.25. The monoisotopic (exact) mass is 265 g/mol. The summed E-state index contributed by atoms with van der Waals surface area (Å²) in [4.78, 5) is 0. The third-order valence-electron chi connectivity index (χ3n) is 4.40. The number of nitrogens with one attached hydrogen (secondary N) is 1. The lowest BCUT2D eigenvalue weighted by Crippen LogP contribution is -2.52. The van der Waals surface area contributed by atoms with Gasteiger partial charge in [0, 0.05) is 5.54 Å². The molecular weight excluding hydrogens is 241 g/mol. The topological polar surface area (TPSA) is 21.3 Å². The van der Waals surface area contributed by atoms with Gasteiger partial charge in [-0.05, 0) is 48.9 Å². The molecule has 1 aromatic rings. The Kier molecular flexibility index (Phi) is 3.86. The Morgan fingerprint density at radius 2 is 2.11 bits per heavy atom. The Morgan fingerprint density at radius 1 is 1.37 bits per heavy atom. The highest BCUT2D eigenvalue weighted by molar-refractivity contribution is 5.31. The molecule has 1 fully saturated rings. The van der Waals surface area contributed by atoms with Gasteiger partial charge in [0.25, 0.3) is 0 Å². The number of rotatable bonds is 3.